The average molecular weight is 357 g/mol. The zero-order chi connectivity index (χ0) is 17.8. The summed E-state index contributed by atoms with van der Waals surface area (Å²) in [4.78, 5) is 25.9. The van der Waals surface area contributed by atoms with E-state index < -0.39 is 12.1 Å². The van der Waals surface area contributed by atoms with Gasteiger partial charge in [-0.2, -0.15) is 0 Å². The highest BCUT2D eigenvalue weighted by molar-refractivity contribution is 7.10. The van der Waals surface area contributed by atoms with Gasteiger partial charge in [-0.1, -0.05) is 29.8 Å². The first-order valence-electron chi connectivity index (χ1n) is 8.68. The molecule has 0 radical (unpaired) electrons. The summed E-state index contributed by atoms with van der Waals surface area (Å²) in [6, 6.07) is 7.96. The fourth-order valence-electron chi connectivity index (χ4n) is 2.98. The summed E-state index contributed by atoms with van der Waals surface area (Å²) >= 11 is 1.62. The van der Waals surface area contributed by atoms with Crippen LogP contribution in [0.5, 0.6) is 0 Å². The molecule has 0 unspecified atom stereocenters. The predicted molar refractivity (Wildman–Crippen MR) is 98.9 cm³/mol. The Morgan fingerprint density at radius 3 is 2.68 bits per heavy atom. The van der Waals surface area contributed by atoms with Gasteiger partial charge in [-0.15, -0.1) is 11.3 Å². The van der Waals surface area contributed by atoms with E-state index >= 15 is 0 Å². The van der Waals surface area contributed by atoms with Crippen LogP contribution in [-0.4, -0.2) is 18.0 Å². The van der Waals surface area contributed by atoms with E-state index in [4.69, 9.17) is 4.74 Å². The van der Waals surface area contributed by atoms with Gasteiger partial charge >= 0.3 is 5.97 Å². The van der Waals surface area contributed by atoms with Crippen LogP contribution in [0.4, 0.5) is 0 Å². The molecule has 0 bridgehead atoms. The molecule has 1 N–H and O–H groups in total. The van der Waals surface area contributed by atoms with E-state index in [-0.39, 0.29) is 5.91 Å². The summed E-state index contributed by atoms with van der Waals surface area (Å²) in [6.45, 7) is 4.06. The molecule has 1 aliphatic carbocycles. The van der Waals surface area contributed by atoms with Crippen LogP contribution in [0, 0.1) is 6.92 Å². The fourth-order valence-corrected chi connectivity index (χ4v) is 4.10. The molecule has 0 aliphatic heterocycles. The Bertz CT molecular complexity index is 764. The van der Waals surface area contributed by atoms with E-state index in [2.05, 4.69) is 5.32 Å². The van der Waals surface area contributed by atoms with Crippen molar-refractivity contribution in [3.8, 4) is 0 Å². The van der Waals surface area contributed by atoms with Gasteiger partial charge < -0.3 is 10.1 Å². The molecule has 1 heterocycles. The second-order valence-corrected chi connectivity index (χ2v) is 7.47. The van der Waals surface area contributed by atoms with Gasteiger partial charge in [0.15, 0.2) is 6.10 Å². The highest BCUT2D eigenvalue weighted by Gasteiger charge is 2.24. The number of hydrogen-bond acceptors (Lipinski definition) is 4. The van der Waals surface area contributed by atoms with E-state index in [1.54, 1.807) is 18.3 Å². The molecule has 1 amide bonds. The van der Waals surface area contributed by atoms with Crippen LogP contribution in [0.25, 0.3) is 0 Å². The number of hydrogen-bond donors (Lipinski definition) is 1. The Balaban J connectivity index is 1.55. The number of carbonyl (C=O) groups is 2. The zero-order valence-electron chi connectivity index (χ0n) is 14.6. The Morgan fingerprint density at radius 1 is 1.20 bits per heavy atom. The van der Waals surface area contributed by atoms with Crippen molar-refractivity contribution in [2.75, 3.05) is 0 Å². The third-order valence-corrected chi connectivity index (χ3v) is 5.61. The maximum absolute atomic E-state index is 12.4. The zero-order valence-corrected chi connectivity index (χ0v) is 15.4. The van der Waals surface area contributed by atoms with Crippen LogP contribution in [0.2, 0.25) is 0 Å². The second-order valence-electron chi connectivity index (χ2n) is 6.51. The summed E-state index contributed by atoms with van der Waals surface area (Å²) in [5, 5.41) is 4.69. The minimum Gasteiger partial charge on any atom is -0.449 e. The first-order valence-corrected chi connectivity index (χ1v) is 9.56. The molecule has 0 fully saturated rings. The van der Waals surface area contributed by atoms with Gasteiger partial charge in [0.2, 0.25) is 0 Å². The number of rotatable bonds is 5. The molecule has 1 aromatic heterocycles. The molecule has 5 heteroatoms. The van der Waals surface area contributed by atoms with Crippen LogP contribution in [0.15, 0.2) is 29.6 Å². The standard InChI is InChI=1S/C20H23NO3S/c1-13-7-9-15(10-8-13)11-21-19(22)14(2)24-20(23)17-12-25-18-6-4-3-5-16(17)18/h7-10,12,14H,3-6,11H2,1-2H3,(H,21,22)/t14-/m0/s1. The topological polar surface area (TPSA) is 55.4 Å². The average Bonchev–Trinajstić information content (AvgIpc) is 3.05. The van der Waals surface area contributed by atoms with Gasteiger partial charge in [0, 0.05) is 16.8 Å². The summed E-state index contributed by atoms with van der Waals surface area (Å²) in [7, 11) is 0. The smallest absolute Gasteiger partial charge is 0.340 e. The third kappa shape index (κ3) is 4.28. The first-order chi connectivity index (χ1) is 12.0. The number of ether oxygens (including phenoxy) is 1. The number of benzene rings is 1. The van der Waals surface area contributed by atoms with Crippen molar-refractivity contribution in [3.63, 3.8) is 0 Å². The van der Waals surface area contributed by atoms with E-state index in [0.29, 0.717) is 12.1 Å². The number of carbonyl (C=O) groups excluding carboxylic acids is 2. The normalized spacial score (nSPS) is 14.5. The van der Waals surface area contributed by atoms with Crippen molar-refractivity contribution in [2.24, 2.45) is 0 Å². The van der Waals surface area contributed by atoms with Gasteiger partial charge in [-0.3, -0.25) is 4.79 Å². The molecule has 132 valence electrons. The van der Waals surface area contributed by atoms with Crippen molar-refractivity contribution in [2.45, 2.75) is 52.2 Å². The van der Waals surface area contributed by atoms with Crippen molar-refractivity contribution >= 4 is 23.2 Å². The SMILES string of the molecule is Cc1ccc(CNC(=O)[C@H](C)OC(=O)c2csc3c2CCCC3)cc1. The predicted octanol–water partition coefficient (Wildman–Crippen LogP) is 3.80. The number of esters is 1. The van der Waals surface area contributed by atoms with Crippen molar-refractivity contribution in [1.29, 1.82) is 0 Å². The van der Waals surface area contributed by atoms with E-state index in [9.17, 15) is 9.59 Å². The minimum absolute atomic E-state index is 0.280. The Morgan fingerprint density at radius 2 is 1.92 bits per heavy atom. The number of nitrogens with one attached hydrogen (secondary N) is 1. The van der Waals surface area contributed by atoms with Crippen LogP contribution >= 0.6 is 11.3 Å². The molecule has 1 aromatic carbocycles. The van der Waals surface area contributed by atoms with Crippen molar-refractivity contribution in [3.05, 3.63) is 56.8 Å². The molecule has 25 heavy (non-hydrogen) atoms. The van der Waals surface area contributed by atoms with Gasteiger partial charge in [-0.25, -0.2) is 4.79 Å². The lowest BCUT2D eigenvalue weighted by atomic mass is 9.96. The van der Waals surface area contributed by atoms with E-state index in [0.717, 1.165) is 30.4 Å². The van der Waals surface area contributed by atoms with E-state index in [1.165, 1.54) is 16.9 Å². The molecule has 0 saturated heterocycles. The molecule has 0 spiro atoms. The van der Waals surface area contributed by atoms with Crippen molar-refractivity contribution < 1.29 is 14.3 Å². The van der Waals surface area contributed by atoms with Crippen LogP contribution < -0.4 is 5.32 Å². The maximum atomic E-state index is 12.4. The Hall–Kier alpha value is -2.14. The largest absolute Gasteiger partial charge is 0.449 e. The molecule has 0 saturated carbocycles. The van der Waals surface area contributed by atoms with Crippen LogP contribution in [0.1, 0.15) is 51.7 Å². The molecule has 4 nitrogen and oxygen atoms in total. The lowest BCUT2D eigenvalue weighted by Gasteiger charge is -2.15. The summed E-state index contributed by atoms with van der Waals surface area (Å²) < 4.78 is 5.39. The fraction of sp³-hybridized carbons (Fsp3) is 0.400. The number of fused-ring (bicyclic) bond motifs is 1. The molecule has 1 aliphatic rings. The third-order valence-electron chi connectivity index (χ3n) is 4.52. The number of aryl methyl sites for hydroxylation is 2. The van der Waals surface area contributed by atoms with Gasteiger partial charge in [0.1, 0.15) is 0 Å². The summed E-state index contributed by atoms with van der Waals surface area (Å²) in [5.41, 5.74) is 3.95. The summed E-state index contributed by atoms with van der Waals surface area (Å²) in [6.07, 6.45) is 3.45. The first kappa shape index (κ1) is 17.7. The monoisotopic (exact) mass is 357 g/mol. The second kappa shape index (κ2) is 7.83. The molecular formula is C20H23NO3S. The highest BCUT2D eigenvalue weighted by Crippen LogP contribution is 2.30. The molecule has 2 aromatic rings. The quantitative estimate of drug-likeness (QED) is 0.828. The lowest BCUT2D eigenvalue weighted by Crippen LogP contribution is -2.35. The minimum atomic E-state index is -0.808. The highest BCUT2D eigenvalue weighted by atomic mass is 32.1. The number of thiophene rings is 1. The number of amides is 1. The van der Waals surface area contributed by atoms with Crippen LogP contribution in [0.3, 0.4) is 0 Å². The molecule has 1 atom stereocenters. The summed E-state index contributed by atoms with van der Waals surface area (Å²) in [5.74, 6) is -0.671. The van der Waals surface area contributed by atoms with Crippen LogP contribution in [-0.2, 0) is 28.9 Å². The Labute approximate surface area is 152 Å². The lowest BCUT2D eigenvalue weighted by molar-refractivity contribution is -0.129. The molecule has 3 rings (SSSR count). The van der Waals surface area contributed by atoms with Crippen molar-refractivity contribution in [1.82, 2.24) is 5.32 Å². The van der Waals surface area contributed by atoms with Gasteiger partial charge in [-0.05, 0) is 50.7 Å². The Kier molecular flexibility index (Phi) is 5.53. The molecular weight excluding hydrogens is 334 g/mol. The van der Waals surface area contributed by atoms with E-state index in [1.807, 2.05) is 36.6 Å². The maximum Gasteiger partial charge on any atom is 0.340 e. The van der Waals surface area contributed by atoms with Gasteiger partial charge in [0.25, 0.3) is 5.91 Å². The van der Waals surface area contributed by atoms with Gasteiger partial charge in [0.05, 0.1) is 5.56 Å².